The third-order valence-corrected chi connectivity index (χ3v) is 4.72. The lowest BCUT2D eigenvalue weighted by atomic mass is 9.97. The summed E-state index contributed by atoms with van der Waals surface area (Å²) < 4.78 is 18.0. The van der Waals surface area contributed by atoms with E-state index in [-0.39, 0.29) is 11.6 Å². The molecule has 0 saturated carbocycles. The number of methoxy groups -OCH3 is 1. The molecule has 2 aromatic rings. The number of rotatable bonds is 11. The molecule has 0 bridgehead atoms. The Hall–Kier alpha value is -2.40. The van der Waals surface area contributed by atoms with Crippen LogP contribution in [0.15, 0.2) is 70.9 Å². The number of ether oxygens (including phenoxy) is 3. The van der Waals surface area contributed by atoms with Crippen LogP contribution in [0.3, 0.4) is 0 Å². The molecule has 0 aliphatic rings. The Morgan fingerprint density at radius 3 is 1.70 bits per heavy atom. The van der Waals surface area contributed by atoms with Gasteiger partial charge in [0, 0.05) is 20.0 Å². The normalized spacial score (nSPS) is 15.6. The van der Waals surface area contributed by atoms with E-state index >= 15 is 0 Å². The predicted octanol–water partition coefficient (Wildman–Crippen LogP) is 6.69. The predicted molar refractivity (Wildman–Crippen MR) is 121 cm³/mol. The van der Waals surface area contributed by atoms with E-state index in [0.717, 1.165) is 17.9 Å². The van der Waals surface area contributed by atoms with Crippen LogP contribution in [-0.4, -0.2) is 30.1 Å². The highest BCUT2D eigenvalue weighted by Crippen LogP contribution is 2.30. The van der Waals surface area contributed by atoms with E-state index in [2.05, 4.69) is 24.1 Å². The Balaban J connectivity index is 1.98. The van der Waals surface area contributed by atoms with Gasteiger partial charge in [0.15, 0.2) is 5.72 Å². The second kappa shape index (κ2) is 10.1. The van der Waals surface area contributed by atoms with Gasteiger partial charge in [-0.3, -0.25) is 0 Å². The molecule has 0 N–H and O–H groups in total. The molecule has 5 heteroatoms. The molecule has 0 heterocycles. The maximum Gasteiger partial charge on any atom is 0.179 e. The van der Waals surface area contributed by atoms with Crippen molar-refractivity contribution in [3.05, 3.63) is 60.7 Å². The summed E-state index contributed by atoms with van der Waals surface area (Å²) >= 11 is 0. The maximum atomic E-state index is 6.15. The fourth-order valence-corrected chi connectivity index (χ4v) is 3.60. The van der Waals surface area contributed by atoms with Crippen LogP contribution in [0.25, 0.3) is 0 Å². The lowest BCUT2D eigenvalue weighted by Crippen LogP contribution is -2.39. The van der Waals surface area contributed by atoms with Gasteiger partial charge in [0.05, 0.1) is 6.04 Å². The molecule has 0 amide bonds. The van der Waals surface area contributed by atoms with Crippen LogP contribution in [-0.2, 0) is 4.74 Å². The minimum atomic E-state index is -0.781. The van der Waals surface area contributed by atoms with Crippen molar-refractivity contribution in [1.29, 1.82) is 0 Å². The second-order valence-electron chi connectivity index (χ2n) is 9.17. The van der Waals surface area contributed by atoms with Crippen molar-refractivity contribution in [3.8, 4) is 11.5 Å². The monoisotopic (exact) mass is 412 g/mol. The summed E-state index contributed by atoms with van der Waals surface area (Å²) in [6.07, 6.45) is 1.29. The van der Waals surface area contributed by atoms with Crippen LogP contribution in [0.2, 0.25) is 0 Å². The number of hydrogen-bond acceptors (Lipinski definition) is 5. The first kappa shape index (κ1) is 23.9. The van der Waals surface area contributed by atoms with Gasteiger partial charge in [-0.15, -0.1) is 0 Å². The molecule has 2 aromatic carbocycles. The van der Waals surface area contributed by atoms with Crippen molar-refractivity contribution in [3.63, 3.8) is 0 Å². The Morgan fingerprint density at radius 1 is 0.767 bits per heavy atom. The summed E-state index contributed by atoms with van der Waals surface area (Å²) in [4.78, 5) is 0. The summed E-state index contributed by atoms with van der Waals surface area (Å²) in [6.45, 7) is 12.2. The van der Waals surface area contributed by atoms with Gasteiger partial charge in [-0.25, -0.2) is 0 Å². The molecule has 0 fully saturated rings. The van der Waals surface area contributed by atoms with Crippen molar-refractivity contribution in [2.24, 2.45) is 10.2 Å². The van der Waals surface area contributed by atoms with Crippen LogP contribution < -0.4 is 9.47 Å². The van der Waals surface area contributed by atoms with Gasteiger partial charge in [-0.05, 0) is 65.8 Å². The van der Waals surface area contributed by atoms with Crippen LogP contribution >= 0.6 is 0 Å². The zero-order chi connectivity index (χ0) is 22.3. The molecular weight excluding hydrogens is 376 g/mol. The van der Waals surface area contributed by atoms with Gasteiger partial charge < -0.3 is 14.2 Å². The average molecular weight is 413 g/mol. The number of nitrogens with zero attached hydrogens (tertiary/aromatic N) is 2. The summed E-state index contributed by atoms with van der Waals surface area (Å²) in [7, 11) is 1.66. The zero-order valence-corrected chi connectivity index (χ0v) is 19.4. The molecule has 0 aliphatic carbocycles. The smallest absolute Gasteiger partial charge is 0.179 e. The number of hydrogen-bond donors (Lipinski definition) is 0. The standard InChI is InChI=1S/C25H36N2O3/c1-20(18-23(2,3)29-21-14-10-8-11-15-21)26-27-25(6,28-7)19-24(4,5)30-22-16-12-9-13-17-22/h8-17,20H,18-19H2,1-7H3. The van der Waals surface area contributed by atoms with Crippen molar-refractivity contribution in [2.45, 2.75) is 77.4 Å². The summed E-state index contributed by atoms with van der Waals surface area (Å²) in [6, 6.07) is 19.6. The van der Waals surface area contributed by atoms with Crippen LogP contribution in [0.5, 0.6) is 11.5 Å². The highest BCUT2D eigenvalue weighted by molar-refractivity contribution is 5.22. The highest BCUT2D eigenvalue weighted by atomic mass is 16.5. The summed E-state index contributed by atoms with van der Waals surface area (Å²) in [5.74, 6) is 1.68. The van der Waals surface area contributed by atoms with Crippen LogP contribution in [0.4, 0.5) is 0 Å². The molecule has 0 aromatic heterocycles. The van der Waals surface area contributed by atoms with Crippen molar-refractivity contribution < 1.29 is 14.2 Å². The highest BCUT2D eigenvalue weighted by Gasteiger charge is 2.35. The minimum absolute atomic E-state index is 0.0173. The van der Waals surface area contributed by atoms with E-state index in [1.165, 1.54) is 0 Å². The quantitative estimate of drug-likeness (QED) is 0.387. The lowest BCUT2D eigenvalue weighted by molar-refractivity contribution is -0.0523. The van der Waals surface area contributed by atoms with Crippen LogP contribution in [0.1, 0.15) is 54.4 Å². The fourth-order valence-electron chi connectivity index (χ4n) is 3.60. The topological polar surface area (TPSA) is 52.4 Å². The van der Waals surface area contributed by atoms with Gasteiger partial charge >= 0.3 is 0 Å². The van der Waals surface area contributed by atoms with Crippen molar-refractivity contribution in [1.82, 2.24) is 0 Å². The van der Waals surface area contributed by atoms with E-state index in [4.69, 9.17) is 14.2 Å². The zero-order valence-electron chi connectivity index (χ0n) is 19.4. The Bertz CT molecular complexity index is 791. The van der Waals surface area contributed by atoms with Crippen molar-refractivity contribution in [2.75, 3.05) is 7.11 Å². The first-order chi connectivity index (χ1) is 14.0. The minimum Gasteiger partial charge on any atom is -0.488 e. The van der Waals surface area contributed by atoms with Gasteiger partial charge in [0.1, 0.15) is 22.7 Å². The molecular formula is C25H36N2O3. The first-order valence-corrected chi connectivity index (χ1v) is 10.5. The molecule has 2 atom stereocenters. The van der Waals surface area contributed by atoms with Gasteiger partial charge in [-0.1, -0.05) is 36.4 Å². The maximum absolute atomic E-state index is 6.15. The average Bonchev–Trinajstić information content (AvgIpc) is 2.66. The van der Waals surface area contributed by atoms with E-state index in [1.54, 1.807) is 7.11 Å². The third kappa shape index (κ3) is 8.15. The molecule has 30 heavy (non-hydrogen) atoms. The first-order valence-electron chi connectivity index (χ1n) is 10.5. The fraction of sp³-hybridized carbons (Fsp3) is 0.520. The summed E-state index contributed by atoms with van der Waals surface area (Å²) in [5.41, 5.74) is -1.61. The lowest BCUT2D eigenvalue weighted by Gasteiger charge is -2.34. The number of azo groups is 1. The second-order valence-corrected chi connectivity index (χ2v) is 9.17. The molecule has 0 spiro atoms. The van der Waals surface area contributed by atoms with E-state index < -0.39 is 11.3 Å². The number of benzene rings is 2. The van der Waals surface area contributed by atoms with Crippen LogP contribution in [0, 0.1) is 0 Å². The Morgan fingerprint density at radius 2 is 1.23 bits per heavy atom. The SMILES string of the molecule is COC(C)(CC(C)(C)Oc1ccccc1)N=NC(C)CC(C)(C)Oc1ccccc1. The number of para-hydroxylation sites is 2. The molecule has 5 nitrogen and oxygen atoms in total. The summed E-state index contributed by atoms with van der Waals surface area (Å²) in [5, 5.41) is 9.11. The Labute approximate surface area is 181 Å². The van der Waals surface area contributed by atoms with Gasteiger partial charge in [0.2, 0.25) is 0 Å². The largest absolute Gasteiger partial charge is 0.488 e. The van der Waals surface area contributed by atoms with E-state index in [9.17, 15) is 0 Å². The Kier molecular flexibility index (Phi) is 8.02. The van der Waals surface area contributed by atoms with Crippen molar-refractivity contribution >= 4 is 0 Å². The molecule has 0 aliphatic heterocycles. The van der Waals surface area contributed by atoms with E-state index in [1.807, 2.05) is 88.4 Å². The molecule has 0 radical (unpaired) electrons. The third-order valence-electron chi connectivity index (χ3n) is 4.72. The molecule has 164 valence electrons. The van der Waals surface area contributed by atoms with Gasteiger partial charge in [-0.2, -0.15) is 10.2 Å². The van der Waals surface area contributed by atoms with Gasteiger partial charge in [0.25, 0.3) is 0 Å². The molecule has 2 rings (SSSR count). The molecule has 2 unspecified atom stereocenters. The van der Waals surface area contributed by atoms with E-state index in [0.29, 0.717) is 6.42 Å². The molecule has 0 saturated heterocycles.